The Balaban J connectivity index is 1.83. The molecule has 1 aromatic carbocycles. The lowest BCUT2D eigenvalue weighted by Crippen LogP contribution is -2.54. The van der Waals surface area contributed by atoms with Gasteiger partial charge in [0, 0.05) is 18.2 Å². The first-order valence-corrected chi connectivity index (χ1v) is 10.2. The first-order chi connectivity index (χ1) is 15.0. The fraction of sp³-hybridized carbons (Fsp3) is 0.409. The summed E-state index contributed by atoms with van der Waals surface area (Å²) in [6.07, 6.45) is -0.616. The van der Waals surface area contributed by atoms with Crippen molar-refractivity contribution in [3.05, 3.63) is 52.6 Å². The van der Waals surface area contributed by atoms with E-state index in [1.54, 1.807) is 45.0 Å². The summed E-state index contributed by atoms with van der Waals surface area (Å²) in [6.45, 7) is 4.80. The number of halogens is 1. The number of pyridine rings is 1. The average Bonchev–Trinajstić information content (AvgIpc) is 2.73. The first kappa shape index (κ1) is 23.1. The number of amides is 2. The van der Waals surface area contributed by atoms with Gasteiger partial charge in [-0.05, 0) is 39.7 Å². The summed E-state index contributed by atoms with van der Waals surface area (Å²) in [7, 11) is 0. The van der Waals surface area contributed by atoms with Crippen molar-refractivity contribution in [1.82, 2.24) is 9.88 Å². The van der Waals surface area contributed by atoms with Gasteiger partial charge in [0.25, 0.3) is 5.91 Å². The summed E-state index contributed by atoms with van der Waals surface area (Å²) in [5.41, 5.74) is -2.59. The van der Waals surface area contributed by atoms with Crippen LogP contribution in [-0.4, -0.2) is 51.2 Å². The minimum absolute atomic E-state index is 0.135. The molecular formula is C22H25FN4O5. The molecule has 32 heavy (non-hydrogen) atoms. The minimum atomic E-state index is -2.44. The van der Waals surface area contributed by atoms with Crippen LogP contribution in [-0.2, 0) is 9.53 Å². The summed E-state index contributed by atoms with van der Waals surface area (Å²) < 4.78 is 20.9. The number of nitrogens with one attached hydrogen (secondary N) is 1. The number of nitro groups is 1. The van der Waals surface area contributed by atoms with Crippen molar-refractivity contribution in [3.63, 3.8) is 0 Å². The van der Waals surface area contributed by atoms with E-state index in [9.17, 15) is 19.7 Å². The van der Waals surface area contributed by atoms with E-state index in [2.05, 4.69) is 10.3 Å². The van der Waals surface area contributed by atoms with E-state index in [1.807, 2.05) is 6.07 Å². The Kier molecular flexibility index (Phi) is 6.42. The summed E-state index contributed by atoms with van der Waals surface area (Å²) in [5, 5.41) is 13.7. The molecular weight excluding hydrogens is 419 g/mol. The number of aromatic nitrogens is 1. The molecule has 0 bridgehead atoms. The molecule has 10 heteroatoms. The molecule has 1 fully saturated rings. The highest BCUT2D eigenvalue weighted by Gasteiger charge is 2.45. The standard InChI is InChI=1S/C22H25FN4O5/c1-21(2,3)32-20(29)26-13-7-12-22(23,14-26)19(28)25-18-17(27(30)31)11-10-16(24-18)15-8-5-4-6-9-15/h4-6,8-11H,7,12-14H2,1-3H3,(H,24,25,28). The average molecular weight is 444 g/mol. The summed E-state index contributed by atoms with van der Waals surface area (Å²) in [4.78, 5) is 41.2. The largest absolute Gasteiger partial charge is 0.444 e. The molecule has 1 aliphatic rings. The maximum absolute atomic E-state index is 15.6. The Morgan fingerprint density at radius 1 is 1.22 bits per heavy atom. The van der Waals surface area contributed by atoms with E-state index in [4.69, 9.17) is 4.74 Å². The number of hydrogen-bond donors (Lipinski definition) is 1. The summed E-state index contributed by atoms with van der Waals surface area (Å²) in [6, 6.07) is 11.6. The number of hydrogen-bond acceptors (Lipinski definition) is 6. The second-order valence-corrected chi connectivity index (χ2v) is 8.61. The number of piperidine rings is 1. The van der Waals surface area contributed by atoms with E-state index in [0.717, 1.165) is 4.90 Å². The topological polar surface area (TPSA) is 115 Å². The van der Waals surface area contributed by atoms with Crippen molar-refractivity contribution < 1.29 is 23.6 Å². The normalized spacial score (nSPS) is 18.7. The SMILES string of the molecule is CC(C)(C)OC(=O)N1CCCC(F)(C(=O)Nc2nc(-c3ccccc3)ccc2[N+](=O)[O-])C1. The van der Waals surface area contributed by atoms with Crippen molar-refractivity contribution in [1.29, 1.82) is 0 Å². The van der Waals surface area contributed by atoms with Crippen molar-refractivity contribution >= 4 is 23.5 Å². The molecule has 9 nitrogen and oxygen atoms in total. The number of nitrogens with zero attached hydrogens (tertiary/aromatic N) is 3. The quantitative estimate of drug-likeness (QED) is 0.554. The number of likely N-dealkylation sites (tertiary alicyclic amines) is 1. The third-order valence-corrected chi connectivity index (χ3v) is 4.87. The van der Waals surface area contributed by atoms with E-state index in [1.165, 1.54) is 12.1 Å². The second-order valence-electron chi connectivity index (χ2n) is 8.61. The maximum atomic E-state index is 15.6. The van der Waals surface area contributed by atoms with E-state index >= 15 is 4.39 Å². The van der Waals surface area contributed by atoms with Gasteiger partial charge in [-0.2, -0.15) is 0 Å². The lowest BCUT2D eigenvalue weighted by atomic mass is 9.94. The zero-order valence-corrected chi connectivity index (χ0v) is 18.1. The van der Waals surface area contributed by atoms with Crippen molar-refractivity contribution in [2.24, 2.45) is 0 Å². The van der Waals surface area contributed by atoms with Crippen molar-refractivity contribution in [2.45, 2.75) is 44.9 Å². The van der Waals surface area contributed by atoms with Crippen LogP contribution in [0.5, 0.6) is 0 Å². The van der Waals surface area contributed by atoms with Crippen LogP contribution in [0.4, 0.5) is 20.7 Å². The van der Waals surface area contributed by atoms with Gasteiger partial charge in [-0.3, -0.25) is 14.9 Å². The van der Waals surface area contributed by atoms with Gasteiger partial charge in [-0.15, -0.1) is 0 Å². The fourth-order valence-electron chi connectivity index (χ4n) is 3.36. The van der Waals surface area contributed by atoms with E-state index in [0.29, 0.717) is 11.3 Å². The number of ether oxygens (including phenoxy) is 1. The van der Waals surface area contributed by atoms with Gasteiger partial charge in [-0.1, -0.05) is 30.3 Å². The third-order valence-electron chi connectivity index (χ3n) is 4.87. The molecule has 0 saturated carbocycles. The zero-order valence-electron chi connectivity index (χ0n) is 18.1. The fourth-order valence-corrected chi connectivity index (χ4v) is 3.36. The Morgan fingerprint density at radius 3 is 2.53 bits per heavy atom. The van der Waals surface area contributed by atoms with Crippen LogP contribution in [0.3, 0.4) is 0 Å². The lowest BCUT2D eigenvalue weighted by Gasteiger charge is -2.36. The monoisotopic (exact) mass is 444 g/mol. The molecule has 1 aliphatic heterocycles. The molecule has 0 radical (unpaired) electrons. The van der Waals surface area contributed by atoms with Gasteiger partial charge in [0.05, 0.1) is 17.2 Å². The Morgan fingerprint density at radius 2 is 1.91 bits per heavy atom. The third kappa shape index (κ3) is 5.37. The molecule has 2 heterocycles. The number of benzene rings is 1. The minimum Gasteiger partial charge on any atom is -0.444 e. The van der Waals surface area contributed by atoms with Crippen molar-refractivity contribution in [2.75, 3.05) is 18.4 Å². The van der Waals surface area contributed by atoms with Gasteiger partial charge < -0.3 is 15.0 Å². The number of carbonyl (C=O) groups excluding carboxylic acids is 2. The van der Waals surface area contributed by atoms with Crippen LogP contribution in [0.25, 0.3) is 11.3 Å². The molecule has 0 aliphatic carbocycles. The van der Waals surface area contributed by atoms with Gasteiger partial charge in [0.1, 0.15) is 5.60 Å². The molecule has 3 rings (SSSR count). The van der Waals surface area contributed by atoms with Gasteiger partial charge in [0.15, 0.2) is 0 Å². The van der Waals surface area contributed by atoms with Crippen molar-refractivity contribution in [3.8, 4) is 11.3 Å². The number of rotatable bonds is 4. The molecule has 1 unspecified atom stereocenters. The van der Waals surface area contributed by atoms with Crippen LogP contribution in [0.2, 0.25) is 0 Å². The molecule has 2 aromatic rings. The smallest absolute Gasteiger partial charge is 0.410 e. The van der Waals surface area contributed by atoms with Crippen LogP contribution in [0, 0.1) is 10.1 Å². The van der Waals surface area contributed by atoms with E-state index in [-0.39, 0.29) is 25.2 Å². The summed E-state index contributed by atoms with van der Waals surface area (Å²) in [5.74, 6) is -1.45. The molecule has 2 amide bonds. The number of carbonyl (C=O) groups is 2. The lowest BCUT2D eigenvalue weighted by molar-refractivity contribution is -0.384. The highest BCUT2D eigenvalue weighted by Crippen LogP contribution is 2.31. The summed E-state index contributed by atoms with van der Waals surface area (Å²) >= 11 is 0. The molecule has 1 N–H and O–H groups in total. The second kappa shape index (κ2) is 8.89. The van der Waals surface area contributed by atoms with Crippen LogP contribution < -0.4 is 5.32 Å². The number of anilines is 1. The molecule has 170 valence electrons. The van der Waals surface area contributed by atoms with Crippen LogP contribution >= 0.6 is 0 Å². The predicted octanol–water partition coefficient (Wildman–Crippen LogP) is 4.33. The molecule has 1 saturated heterocycles. The van der Waals surface area contributed by atoms with Crippen LogP contribution in [0.1, 0.15) is 33.6 Å². The predicted molar refractivity (Wildman–Crippen MR) is 116 cm³/mol. The zero-order chi connectivity index (χ0) is 23.5. The highest BCUT2D eigenvalue weighted by atomic mass is 19.1. The number of alkyl halides is 1. The Hall–Kier alpha value is -3.56. The van der Waals surface area contributed by atoms with Gasteiger partial charge >= 0.3 is 11.8 Å². The van der Waals surface area contributed by atoms with E-state index < -0.39 is 40.4 Å². The van der Waals surface area contributed by atoms with Gasteiger partial charge in [0.2, 0.25) is 11.5 Å². The Bertz CT molecular complexity index is 1020. The Labute approximate surface area is 184 Å². The molecule has 1 atom stereocenters. The molecule has 0 spiro atoms. The molecule has 1 aromatic heterocycles. The first-order valence-electron chi connectivity index (χ1n) is 10.2. The van der Waals surface area contributed by atoms with Crippen LogP contribution in [0.15, 0.2) is 42.5 Å². The maximum Gasteiger partial charge on any atom is 0.410 e. The highest BCUT2D eigenvalue weighted by molar-refractivity contribution is 5.98. The van der Waals surface area contributed by atoms with Gasteiger partial charge in [-0.25, -0.2) is 14.2 Å².